The zero-order chi connectivity index (χ0) is 28.0. The highest BCUT2D eigenvalue weighted by Gasteiger charge is 2.49. The van der Waals surface area contributed by atoms with Gasteiger partial charge in [0, 0.05) is 22.7 Å². The minimum absolute atomic E-state index is 0. The number of ether oxygens (including phenoxy) is 1. The van der Waals surface area contributed by atoms with Crippen LogP contribution in [0.15, 0.2) is 0 Å². The summed E-state index contributed by atoms with van der Waals surface area (Å²) in [7, 11) is -11.0. The molecule has 0 amide bonds. The molecule has 0 aliphatic carbocycles. The van der Waals surface area contributed by atoms with Crippen molar-refractivity contribution < 1.29 is 26.6 Å². The molecule has 0 radical (unpaired) electrons. The first-order chi connectivity index (χ1) is 15.7. The number of aliphatic hydroxyl groups is 1. The summed E-state index contributed by atoms with van der Waals surface area (Å²) in [6.07, 6.45) is 1.81. The molecule has 0 aliphatic heterocycles. The average molecular weight is 877 g/mol. The quantitative estimate of drug-likeness (QED) is 0.0642. The van der Waals surface area contributed by atoms with E-state index < -0.39 is 50.9 Å². The monoisotopic (exact) mass is 876 g/mol. The van der Waals surface area contributed by atoms with Gasteiger partial charge in [0.25, 0.3) is 0 Å². The van der Waals surface area contributed by atoms with Crippen LogP contribution in [0.4, 0.5) is 0 Å². The second-order valence-electron chi connectivity index (χ2n) is 12.4. The zero-order valence-electron chi connectivity index (χ0n) is 24.5. The molecule has 0 saturated carbocycles. The Morgan fingerprint density at radius 3 is 1.51 bits per heavy atom. The maximum atomic E-state index is 8.86. The van der Waals surface area contributed by atoms with Crippen molar-refractivity contribution in [1.82, 2.24) is 0 Å². The molecular weight excluding hydrogens is 814 g/mol. The van der Waals surface area contributed by atoms with Gasteiger partial charge in [0.1, 0.15) is 0 Å². The molecule has 0 unspecified atom stereocenters. The molecule has 0 atom stereocenters. The molecule has 0 aromatic rings. The van der Waals surface area contributed by atoms with Crippen molar-refractivity contribution in [3.05, 3.63) is 0 Å². The van der Waals surface area contributed by atoms with Gasteiger partial charge in [-0.05, 0) is 128 Å². The Hall–Kier alpha value is 2.95. The maximum absolute atomic E-state index is 8.86. The van der Waals surface area contributed by atoms with Gasteiger partial charge in [-0.25, -0.2) is 0 Å². The zero-order valence-corrected chi connectivity index (χ0v) is 35.9. The number of halogens is 2. The van der Waals surface area contributed by atoms with Gasteiger partial charge in [-0.1, -0.05) is 27.9 Å². The highest BCUT2D eigenvalue weighted by Crippen LogP contribution is 2.32. The van der Waals surface area contributed by atoms with E-state index in [1.54, 1.807) is 0 Å². The van der Waals surface area contributed by atoms with Crippen molar-refractivity contribution in [2.24, 2.45) is 0 Å². The van der Waals surface area contributed by atoms with Crippen LogP contribution in [0.25, 0.3) is 0 Å². The molecule has 0 aliphatic rings. The topological polar surface area (TPSA) is 66.4 Å². The van der Waals surface area contributed by atoms with Crippen LogP contribution in [0.3, 0.4) is 0 Å². The lowest BCUT2D eigenvalue weighted by molar-refractivity contribution is 0.0924. The van der Waals surface area contributed by atoms with Gasteiger partial charge in [0.15, 0.2) is 33.3 Å². The molecule has 15 heteroatoms. The smallest absolute Gasteiger partial charge is 0.456 e. The van der Waals surface area contributed by atoms with Crippen molar-refractivity contribution in [2.45, 2.75) is 118 Å². The van der Waals surface area contributed by atoms with Gasteiger partial charge in [-0.3, -0.25) is 0 Å². The molecule has 0 saturated heterocycles. The average Bonchev–Trinajstić information content (AvgIpc) is 2.62. The van der Waals surface area contributed by atoms with Crippen molar-refractivity contribution >= 4 is 98.8 Å². The van der Waals surface area contributed by atoms with Gasteiger partial charge in [-0.15, -0.1) is 0 Å². The summed E-state index contributed by atoms with van der Waals surface area (Å²) in [5.41, 5.74) is 0. The predicted octanol–water partition coefficient (Wildman–Crippen LogP) is 9.13. The Morgan fingerprint density at radius 1 is 0.703 bits per heavy atom. The van der Waals surface area contributed by atoms with Crippen LogP contribution in [-0.4, -0.2) is 82.0 Å². The molecule has 0 spiro atoms. The lowest BCUT2D eigenvalue weighted by Gasteiger charge is -2.41. The van der Waals surface area contributed by atoms with Crippen LogP contribution in [-0.2, 0) is 21.5 Å². The van der Waals surface area contributed by atoms with E-state index >= 15 is 0 Å². The molecule has 37 heavy (non-hydrogen) atoms. The first kappa shape index (κ1) is 46.9. The van der Waals surface area contributed by atoms with Gasteiger partial charge >= 0.3 is 8.80 Å². The first-order valence-electron chi connectivity index (χ1n) is 12.6. The van der Waals surface area contributed by atoms with Crippen molar-refractivity contribution in [2.75, 3.05) is 26.1 Å². The maximum Gasteiger partial charge on any atom is 0.479 e. The van der Waals surface area contributed by atoms with Gasteiger partial charge < -0.3 is 26.6 Å². The summed E-state index contributed by atoms with van der Waals surface area (Å²) in [6, 6.07) is 2.95. The van der Waals surface area contributed by atoms with Crippen LogP contribution < -0.4 is 0 Å². The molecule has 0 aromatic carbocycles. The summed E-state index contributed by atoms with van der Waals surface area (Å²) >= 11 is 4.61. The number of aliphatic hydroxyl groups excluding tert-OH is 1. The van der Waals surface area contributed by atoms with Crippen LogP contribution in [0.5, 0.6) is 0 Å². The highest BCUT2D eigenvalue weighted by molar-refractivity contribution is 14.3. The van der Waals surface area contributed by atoms with E-state index in [1.165, 1.54) is 0 Å². The Morgan fingerprint density at radius 2 is 1.14 bits per heavy atom. The molecule has 0 aromatic heterocycles. The SMILES string of the molecule is C.C.C[SiH](C)CO[Si](CC[Si](C)(C)O[Si](C)(C)CCCOCCO)(O[Si](C)(C)C)O[Si](C)(C)C.IPI. The molecule has 1 N–H and O–H groups in total. The van der Waals surface area contributed by atoms with E-state index in [2.05, 4.69) is 123 Å². The minimum atomic E-state index is -2.77. The van der Waals surface area contributed by atoms with E-state index in [0.717, 1.165) is 34.6 Å². The molecule has 0 bridgehead atoms. The van der Waals surface area contributed by atoms with Crippen LogP contribution in [0, 0.1) is 0 Å². The van der Waals surface area contributed by atoms with E-state index in [9.17, 15) is 0 Å². The Bertz CT molecular complexity index is 537. The summed E-state index contributed by atoms with van der Waals surface area (Å²) in [5, 5.41) is 8.86. The predicted molar refractivity (Wildman–Crippen MR) is 202 cm³/mol. The Balaban J connectivity index is -0.00000103. The van der Waals surface area contributed by atoms with E-state index in [1.807, 2.05) is 0 Å². The standard InChI is InChI=1S/C20H54O6Si6.2CH4.HI2P/c1-27(2)20-23-32(24-28(3,4)5,25-29(6,7)8)19-18-31(11,12)26-30(9,10)17-13-15-22-16-14-21;;;1-3-2/h21,27H,13-20H2,1-12H3;2*1H4;3H. The molecule has 230 valence electrons. The summed E-state index contributed by atoms with van der Waals surface area (Å²) in [6.45, 7) is 28.6. The molecule has 0 rings (SSSR count). The van der Waals surface area contributed by atoms with Gasteiger partial charge in [0.05, 0.1) is 22.0 Å². The Kier molecular flexibility index (Phi) is 28.5. The Labute approximate surface area is 267 Å². The lowest BCUT2D eigenvalue weighted by Crippen LogP contribution is -2.58. The minimum Gasteiger partial charge on any atom is -0.456 e. The van der Waals surface area contributed by atoms with Crippen LogP contribution >= 0.6 is 47.9 Å². The van der Waals surface area contributed by atoms with Gasteiger partial charge in [-0.2, -0.15) is 0 Å². The molecular formula is C22H63I2O6PSi6. The normalized spacial score (nSPS) is 13.0. The number of rotatable bonds is 18. The summed E-state index contributed by atoms with van der Waals surface area (Å²) < 4.78 is 33.6. The molecule has 0 fully saturated rings. The largest absolute Gasteiger partial charge is 0.479 e. The highest BCUT2D eigenvalue weighted by atomic mass is 127. The lowest BCUT2D eigenvalue weighted by atomic mass is 10.5. The second-order valence-corrected chi connectivity index (χ2v) is 46.2. The molecule has 6 nitrogen and oxygen atoms in total. The third-order valence-corrected chi connectivity index (χ3v) is 22.4. The molecule has 0 heterocycles. The van der Waals surface area contributed by atoms with E-state index in [-0.39, 0.29) is 21.5 Å². The second kappa shape index (κ2) is 22.5. The van der Waals surface area contributed by atoms with E-state index in [4.69, 9.17) is 26.6 Å². The van der Waals surface area contributed by atoms with Crippen LogP contribution in [0.1, 0.15) is 21.3 Å². The van der Waals surface area contributed by atoms with Gasteiger partial charge in [0.2, 0.25) is 0 Å². The van der Waals surface area contributed by atoms with Crippen molar-refractivity contribution in [3.63, 3.8) is 0 Å². The third-order valence-electron chi connectivity index (χ3n) is 4.45. The number of hydrogen-bond acceptors (Lipinski definition) is 6. The van der Waals surface area contributed by atoms with E-state index in [0.29, 0.717) is 13.2 Å². The van der Waals surface area contributed by atoms with Crippen molar-refractivity contribution in [3.8, 4) is 0 Å². The number of hydrogen-bond donors (Lipinski definition) is 1. The summed E-state index contributed by atoms with van der Waals surface area (Å²) in [4.78, 5) is 0. The fourth-order valence-electron chi connectivity index (χ4n) is 3.55. The van der Waals surface area contributed by atoms with Crippen LogP contribution in [0.2, 0.25) is 96.7 Å². The van der Waals surface area contributed by atoms with Crippen molar-refractivity contribution in [1.29, 1.82) is 0 Å². The fourth-order valence-corrected chi connectivity index (χ4v) is 26.8. The fraction of sp³-hybridized carbons (Fsp3) is 1.00. The third kappa shape index (κ3) is 30.2. The summed E-state index contributed by atoms with van der Waals surface area (Å²) in [5.74, 6) is 0. The first-order valence-corrected chi connectivity index (χ1v) is 37.9.